The first kappa shape index (κ1) is 53.4. The van der Waals surface area contributed by atoms with Crippen molar-refractivity contribution in [2.24, 2.45) is 17.8 Å². The number of hydrogen-bond donors (Lipinski definition) is 0. The fourth-order valence-corrected chi connectivity index (χ4v) is 7.17. The smallest absolute Gasteiger partial charge is 0.306 e. The zero-order valence-electron chi connectivity index (χ0n) is 37.7. The summed E-state index contributed by atoms with van der Waals surface area (Å²) in [5, 5.41) is 0. The maximum absolute atomic E-state index is 12.7. The fraction of sp³-hybridized carbons (Fsp3) is 0.939. The van der Waals surface area contributed by atoms with E-state index in [1.807, 2.05) is 0 Å². The summed E-state index contributed by atoms with van der Waals surface area (Å²) in [6.45, 7) is 13.7. The molecule has 3 atom stereocenters. The van der Waals surface area contributed by atoms with Crippen molar-refractivity contribution in [1.82, 2.24) is 0 Å². The van der Waals surface area contributed by atoms with Gasteiger partial charge in [0.15, 0.2) is 6.10 Å². The Bertz CT molecular complexity index is 856. The van der Waals surface area contributed by atoms with Crippen molar-refractivity contribution < 1.29 is 28.6 Å². The molecule has 0 radical (unpaired) electrons. The van der Waals surface area contributed by atoms with Gasteiger partial charge >= 0.3 is 17.9 Å². The monoisotopic (exact) mass is 779 g/mol. The number of hydrogen-bond acceptors (Lipinski definition) is 6. The van der Waals surface area contributed by atoms with Crippen LogP contribution in [0.1, 0.15) is 260 Å². The second-order valence-electron chi connectivity index (χ2n) is 17.7. The average Bonchev–Trinajstić information content (AvgIpc) is 3.17. The summed E-state index contributed by atoms with van der Waals surface area (Å²) >= 11 is 0. The first-order valence-corrected chi connectivity index (χ1v) is 24.2. The number of carbonyl (C=O) groups excluding carboxylic acids is 3. The quantitative estimate of drug-likeness (QED) is 0.0349. The van der Waals surface area contributed by atoms with Crippen molar-refractivity contribution in [3.8, 4) is 0 Å². The first-order chi connectivity index (χ1) is 26.7. The normalized spacial score (nSPS) is 13.1. The minimum Gasteiger partial charge on any atom is -0.462 e. The second kappa shape index (κ2) is 40.6. The lowest BCUT2D eigenvalue weighted by Crippen LogP contribution is -2.30. The molecule has 0 saturated carbocycles. The molecule has 0 heterocycles. The lowest BCUT2D eigenvalue weighted by molar-refractivity contribution is -0.167. The van der Waals surface area contributed by atoms with Gasteiger partial charge < -0.3 is 14.2 Å². The van der Waals surface area contributed by atoms with Crippen LogP contribution < -0.4 is 0 Å². The van der Waals surface area contributed by atoms with Crippen molar-refractivity contribution in [2.75, 3.05) is 13.2 Å². The van der Waals surface area contributed by atoms with Gasteiger partial charge in [-0.2, -0.15) is 0 Å². The summed E-state index contributed by atoms with van der Waals surface area (Å²) in [6, 6.07) is 0. The Kier molecular flexibility index (Phi) is 39.4. The standard InChI is InChI=1S/C49H94O6/c1-7-44(5)36-30-24-19-21-27-33-39-48(51)54-42-46(55-49(52)40-34-28-22-20-25-31-37-45(6)8-2)41-53-47(50)38-32-26-18-16-14-12-10-9-11-13-15-17-23-29-35-43(3)4/h43-46H,7-42H2,1-6H3/t44?,45?,46-/m0/s1. The van der Waals surface area contributed by atoms with Crippen LogP contribution in [0.3, 0.4) is 0 Å². The van der Waals surface area contributed by atoms with E-state index in [9.17, 15) is 14.4 Å². The van der Waals surface area contributed by atoms with Gasteiger partial charge in [-0.3, -0.25) is 14.4 Å². The van der Waals surface area contributed by atoms with Gasteiger partial charge in [0, 0.05) is 19.3 Å². The molecule has 2 unspecified atom stereocenters. The van der Waals surface area contributed by atoms with Gasteiger partial charge in [0.2, 0.25) is 0 Å². The molecular formula is C49H94O6. The van der Waals surface area contributed by atoms with Crippen LogP contribution >= 0.6 is 0 Å². The molecule has 0 saturated heterocycles. The molecule has 0 aliphatic heterocycles. The summed E-state index contributed by atoms with van der Waals surface area (Å²) in [4.78, 5) is 37.8. The van der Waals surface area contributed by atoms with Gasteiger partial charge in [-0.1, -0.05) is 221 Å². The molecule has 326 valence electrons. The van der Waals surface area contributed by atoms with E-state index >= 15 is 0 Å². The topological polar surface area (TPSA) is 78.9 Å². The molecule has 0 N–H and O–H groups in total. The van der Waals surface area contributed by atoms with Gasteiger partial charge in [-0.15, -0.1) is 0 Å². The van der Waals surface area contributed by atoms with Crippen LogP contribution in [0.15, 0.2) is 0 Å². The van der Waals surface area contributed by atoms with E-state index in [0.717, 1.165) is 75.5 Å². The number of ether oxygens (including phenoxy) is 3. The van der Waals surface area contributed by atoms with E-state index < -0.39 is 6.10 Å². The van der Waals surface area contributed by atoms with E-state index in [2.05, 4.69) is 41.5 Å². The molecular weight excluding hydrogens is 685 g/mol. The highest BCUT2D eigenvalue weighted by Gasteiger charge is 2.19. The first-order valence-electron chi connectivity index (χ1n) is 24.2. The molecule has 0 fully saturated rings. The van der Waals surface area contributed by atoms with Crippen LogP contribution in [0.5, 0.6) is 0 Å². The summed E-state index contributed by atoms with van der Waals surface area (Å²) in [6.07, 6.45) is 38.1. The minimum atomic E-state index is -0.763. The van der Waals surface area contributed by atoms with Gasteiger partial charge in [-0.25, -0.2) is 0 Å². The van der Waals surface area contributed by atoms with Crippen molar-refractivity contribution >= 4 is 17.9 Å². The van der Waals surface area contributed by atoms with Gasteiger partial charge in [-0.05, 0) is 37.0 Å². The van der Waals surface area contributed by atoms with Crippen LogP contribution in [0.4, 0.5) is 0 Å². The van der Waals surface area contributed by atoms with Crippen LogP contribution in [0.25, 0.3) is 0 Å². The molecule has 0 rings (SSSR count). The molecule has 0 spiro atoms. The van der Waals surface area contributed by atoms with Gasteiger partial charge in [0.25, 0.3) is 0 Å². The summed E-state index contributed by atoms with van der Waals surface area (Å²) in [7, 11) is 0. The molecule has 0 aromatic rings. The predicted octanol–water partition coefficient (Wildman–Crippen LogP) is 15.2. The molecule has 0 bridgehead atoms. The largest absolute Gasteiger partial charge is 0.462 e. The van der Waals surface area contributed by atoms with E-state index in [-0.39, 0.29) is 31.1 Å². The van der Waals surface area contributed by atoms with Gasteiger partial charge in [0.1, 0.15) is 13.2 Å². The molecule has 6 heteroatoms. The van der Waals surface area contributed by atoms with Crippen molar-refractivity contribution in [3.63, 3.8) is 0 Å². The number of esters is 3. The predicted molar refractivity (Wildman–Crippen MR) is 233 cm³/mol. The van der Waals surface area contributed by atoms with Crippen LogP contribution in [-0.4, -0.2) is 37.2 Å². The highest BCUT2D eigenvalue weighted by Crippen LogP contribution is 2.18. The molecule has 6 nitrogen and oxygen atoms in total. The van der Waals surface area contributed by atoms with Crippen LogP contribution in [0, 0.1) is 17.8 Å². The lowest BCUT2D eigenvalue weighted by Gasteiger charge is -2.18. The summed E-state index contributed by atoms with van der Waals surface area (Å²) < 4.78 is 16.7. The Morgan fingerprint density at radius 1 is 0.364 bits per heavy atom. The summed E-state index contributed by atoms with van der Waals surface area (Å²) in [5.74, 6) is 1.61. The average molecular weight is 779 g/mol. The third kappa shape index (κ3) is 40.4. The number of rotatable bonds is 42. The van der Waals surface area contributed by atoms with E-state index in [0.29, 0.717) is 19.3 Å². The fourth-order valence-electron chi connectivity index (χ4n) is 7.17. The third-order valence-corrected chi connectivity index (χ3v) is 11.6. The zero-order chi connectivity index (χ0) is 40.6. The molecule has 0 aromatic carbocycles. The van der Waals surface area contributed by atoms with Crippen molar-refractivity contribution in [2.45, 2.75) is 266 Å². The number of unbranched alkanes of at least 4 members (excludes halogenated alkanes) is 23. The highest BCUT2D eigenvalue weighted by atomic mass is 16.6. The molecule has 0 aliphatic rings. The molecule has 55 heavy (non-hydrogen) atoms. The van der Waals surface area contributed by atoms with E-state index in [1.165, 1.54) is 141 Å². The second-order valence-corrected chi connectivity index (χ2v) is 17.7. The van der Waals surface area contributed by atoms with Crippen LogP contribution in [0.2, 0.25) is 0 Å². The van der Waals surface area contributed by atoms with Crippen molar-refractivity contribution in [1.29, 1.82) is 0 Å². The van der Waals surface area contributed by atoms with E-state index in [1.54, 1.807) is 0 Å². The van der Waals surface area contributed by atoms with Crippen LogP contribution in [-0.2, 0) is 28.6 Å². The Morgan fingerprint density at radius 3 is 0.945 bits per heavy atom. The Morgan fingerprint density at radius 2 is 0.636 bits per heavy atom. The Labute approximate surface area is 342 Å². The zero-order valence-corrected chi connectivity index (χ0v) is 37.7. The Balaban J connectivity index is 4.28. The minimum absolute atomic E-state index is 0.0666. The molecule has 0 aromatic heterocycles. The third-order valence-electron chi connectivity index (χ3n) is 11.6. The highest BCUT2D eigenvalue weighted by molar-refractivity contribution is 5.71. The maximum atomic E-state index is 12.7. The molecule has 0 amide bonds. The maximum Gasteiger partial charge on any atom is 0.306 e. The Hall–Kier alpha value is -1.59. The van der Waals surface area contributed by atoms with Crippen molar-refractivity contribution in [3.05, 3.63) is 0 Å². The lowest BCUT2D eigenvalue weighted by atomic mass is 10.00. The number of carbonyl (C=O) groups is 3. The van der Waals surface area contributed by atoms with E-state index in [4.69, 9.17) is 14.2 Å². The SMILES string of the molecule is CCC(C)CCCCCCCCC(=O)OC[C@H](COC(=O)CCCCCCCCCCCCCCCCC(C)C)OC(=O)CCCCCCCCC(C)CC. The summed E-state index contributed by atoms with van der Waals surface area (Å²) in [5.41, 5.74) is 0. The van der Waals surface area contributed by atoms with Gasteiger partial charge in [0.05, 0.1) is 0 Å². The molecule has 0 aliphatic carbocycles.